The predicted octanol–water partition coefficient (Wildman–Crippen LogP) is 4.29. The summed E-state index contributed by atoms with van der Waals surface area (Å²) >= 11 is 0. The van der Waals surface area contributed by atoms with E-state index in [1.807, 2.05) is 6.08 Å². The van der Waals surface area contributed by atoms with Crippen molar-refractivity contribution >= 4 is 6.29 Å². The Morgan fingerprint density at radius 3 is 2.86 bits per heavy atom. The van der Waals surface area contributed by atoms with Crippen LogP contribution in [0.2, 0.25) is 0 Å². The Bertz CT molecular complexity index is 419. The van der Waals surface area contributed by atoms with Crippen LogP contribution in [0.3, 0.4) is 0 Å². The number of aliphatic hydroxyl groups excluding tert-OH is 1. The van der Waals surface area contributed by atoms with Gasteiger partial charge in [-0.3, -0.25) is 4.79 Å². The van der Waals surface area contributed by atoms with Gasteiger partial charge in [0.25, 0.3) is 0 Å². The van der Waals surface area contributed by atoms with E-state index in [0.717, 1.165) is 36.5 Å². The molecule has 0 aromatic carbocycles. The molecule has 0 bridgehead atoms. The maximum absolute atomic E-state index is 11.0. The number of rotatable bonds is 5. The number of hydrogen-bond acceptors (Lipinski definition) is 2. The molecule has 0 spiro atoms. The number of aldehydes is 1. The third-order valence-electron chi connectivity index (χ3n) is 5.88. The van der Waals surface area contributed by atoms with Gasteiger partial charge in [0, 0.05) is 6.61 Å². The Labute approximate surface area is 129 Å². The van der Waals surface area contributed by atoms with Crippen molar-refractivity contribution in [2.24, 2.45) is 23.2 Å². The molecule has 2 aliphatic carbocycles. The monoisotopic (exact) mass is 290 g/mol. The standard InChI is InChI=1S/C19H30O2/c1-14-6-9-18-17(5-4-11-19(18,2)3)16(14)8-7-15(13-21)10-12-20/h7,13,16-18,20H,1,4-6,8-12H2,2-3H3/t16-,17?,18?/m0/s1. The van der Waals surface area contributed by atoms with Crippen molar-refractivity contribution in [1.29, 1.82) is 0 Å². The van der Waals surface area contributed by atoms with Crippen molar-refractivity contribution < 1.29 is 9.90 Å². The van der Waals surface area contributed by atoms with Gasteiger partial charge in [-0.1, -0.05) is 38.5 Å². The molecule has 0 saturated heterocycles. The van der Waals surface area contributed by atoms with Gasteiger partial charge in [0.1, 0.15) is 6.29 Å². The quantitative estimate of drug-likeness (QED) is 0.466. The maximum atomic E-state index is 11.0. The summed E-state index contributed by atoms with van der Waals surface area (Å²) in [5.41, 5.74) is 2.56. The van der Waals surface area contributed by atoms with Gasteiger partial charge < -0.3 is 5.11 Å². The van der Waals surface area contributed by atoms with E-state index in [9.17, 15) is 4.79 Å². The zero-order valence-corrected chi connectivity index (χ0v) is 13.6. The summed E-state index contributed by atoms with van der Waals surface area (Å²) in [4.78, 5) is 11.0. The van der Waals surface area contributed by atoms with E-state index in [4.69, 9.17) is 5.11 Å². The van der Waals surface area contributed by atoms with E-state index in [0.29, 0.717) is 17.8 Å². The lowest BCUT2D eigenvalue weighted by molar-refractivity contribution is -0.105. The predicted molar refractivity (Wildman–Crippen MR) is 86.9 cm³/mol. The van der Waals surface area contributed by atoms with E-state index >= 15 is 0 Å². The summed E-state index contributed by atoms with van der Waals surface area (Å²) < 4.78 is 0. The minimum atomic E-state index is 0.0509. The van der Waals surface area contributed by atoms with Gasteiger partial charge in [0.2, 0.25) is 0 Å². The van der Waals surface area contributed by atoms with Crippen LogP contribution in [0.1, 0.15) is 58.8 Å². The highest BCUT2D eigenvalue weighted by atomic mass is 16.3. The van der Waals surface area contributed by atoms with Crippen LogP contribution in [0, 0.1) is 23.2 Å². The van der Waals surface area contributed by atoms with Gasteiger partial charge in [0.05, 0.1) is 0 Å². The van der Waals surface area contributed by atoms with E-state index in [2.05, 4.69) is 20.4 Å². The van der Waals surface area contributed by atoms with E-state index in [-0.39, 0.29) is 6.61 Å². The highest BCUT2D eigenvalue weighted by Crippen LogP contribution is 2.54. The second kappa shape index (κ2) is 6.91. The lowest BCUT2D eigenvalue weighted by Crippen LogP contribution is -2.41. The number of carbonyl (C=O) groups excluding carboxylic acids is 1. The van der Waals surface area contributed by atoms with Gasteiger partial charge >= 0.3 is 0 Å². The first-order valence-electron chi connectivity index (χ1n) is 8.42. The average Bonchev–Trinajstić information content (AvgIpc) is 2.44. The fourth-order valence-electron chi connectivity index (χ4n) is 4.63. The molecule has 2 saturated carbocycles. The summed E-state index contributed by atoms with van der Waals surface area (Å²) in [6, 6.07) is 0. The van der Waals surface area contributed by atoms with Crippen molar-refractivity contribution in [1.82, 2.24) is 0 Å². The third-order valence-corrected chi connectivity index (χ3v) is 5.88. The molecule has 3 atom stereocenters. The molecule has 0 aromatic rings. The Morgan fingerprint density at radius 1 is 1.43 bits per heavy atom. The highest BCUT2D eigenvalue weighted by molar-refractivity contribution is 5.73. The van der Waals surface area contributed by atoms with Crippen LogP contribution in [0.25, 0.3) is 0 Å². The number of fused-ring (bicyclic) bond motifs is 1. The van der Waals surface area contributed by atoms with Crippen LogP contribution in [0.15, 0.2) is 23.8 Å². The summed E-state index contributed by atoms with van der Waals surface area (Å²) in [6.45, 7) is 9.22. The SMILES string of the molecule is C=C1CCC2C(CCCC2(C)C)[C@H]1CC=C(C=O)CCO. The summed E-state index contributed by atoms with van der Waals surface area (Å²) in [6.07, 6.45) is 10.7. The minimum absolute atomic E-state index is 0.0509. The molecule has 1 N–H and O–H groups in total. The number of aliphatic hydroxyl groups is 1. The molecular weight excluding hydrogens is 260 g/mol. The van der Waals surface area contributed by atoms with Crippen LogP contribution in [-0.2, 0) is 4.79 Å². The zero-order chi connectivity index (χ0) is 15.5. The first-order valence-corrected chi connectivity index (χ1v) is 8.42. The first-order chi connectivity index (χ1) is 9.99. The molecule has 2 rings (SSSR count). The first kappa shape index (κ1) is 16.5. The van der Waals surface area contributed by atoms with E-state index in [1.54, 1.807) is 0 Å². The fourth-order valence-corrected chi connectivity index (χ4v) is 4.63. The fraction of sp³-hybridized carbons (Fsp3) is 0.737. The normalized spacial score (nSPS) is 32.6. The molecule has 2 nitrogen and oxygen atoms in total. The summed E-state index contributed by atoms with van der Waals surface area (Å²) in [5.74, 6) is 2.05. The third kappa shape index (κ3) is 3.66. The van der Waals surface area contributed by atoms with Crippen LogP contribution in [0.5, 0.6) is 0 Å². The van der Waals surface area contributed by atoms with Crippen LogP contribution >= 0.6 is 0 Å². The van der Waals surface area contributed by atoms with Crippen molar-refractivity contribution in [3.8, 4) is 0 Å². The molecule has 0 radical (unpaired) electrons. The van der Waals surface area contributed by atoms with Gasteiger partial charge in [0.15, 0.2) is 0 Å². The van der Waals surface area contributed by atoms with Crippen LogP contribution in [0.4, 0.5) is 0 Å². The average molecular weight is 290 g/mol. The molecule has 0 aromatic heterocycles. The van der Waals surface area contributed by atoms with Gasteiger partial charge in [-0.25, -0.2) is 0 Å². The van der Waals surface area contributed by atoms with Crippen LogP contribution < -0.4 is 0 Å². The van der Waals surface area contributed by atoms with Crippen molar-refractivity contribution in [3.05, 3.63) is 23.8 Å². The number of carbonyl (C=O) groups is 1. The molecule has 2 unspecified atom stereocenters. The topological polar surface area (TPSA) is 37.3 Å². The van der Waals surface area contributed by atoms with Gasteiger partial charge in [-0.2, -0.15) is 0 Å². The van der Waals surface area contributed by atoms with Crippen molar-refractivity contribution in [2.75, 3.05) is 6.61 Å². The Balaban J connectivity index is 2.12. The zero-order valence-electron chi connectivity index (χ0n) is 13.6. The Hall–Kier alpha value is -0.890. The lowest BCUT2D eigenvalue weighted by atomic mass is 9.54. The Morgan fingerprint density at radius 2 is 2.19 bits per heavy atom. The molecular formula is C19H30O2. The molecule has 0 amide bonds. The maximum Gasteiger partial charge on any atom is 0.145 e. The van der Waals surface area contributed by atoms with E-state index < -0.39 is 0 Å². The largest absolute Gasteiger partial charge is 0.396 e. The second-order valence-corrected chi connectivity index (χ2v) is 7.56. The molecule has 0 aliphatic heterocycles. The minimum Gasteiger partial charge on any atom is -0.396 e. The summed E-state index contributed by atoms with van der Waals surface area (Å²) in [5, 5.41) is 9.00. The van der Waals surface area contributed by atoms with Gasteiger partial charge in [-0.15, -0.1) is 0 Å². The van der Waals surface area contributed by atoms with Gasteiger partial charge in [-0.05, 0) is 67.3 Å². The van der Waals surface area contributed by atoms with E-state index in [1.165, 1.54) is 31.3 Å². The molecule has 0 heterocycles. The van der Waals surface area contributed by atoms with Crippen molar-refractivity contribution in [3.63, 3.8) is 0 Å². The molecule has 118 valence electrons. The highest BCUT2D eigenvalue weighted by Gasteiger charge is 2.44. The molecule has 2 heteroatoms. The van der Waals surface area contributed by atoms with Crippen LogP contribution in [-0.4, -0.2) is 18.0 Å². The number of hydrogen-bond donors (Lipinski definition) is 1. The summed E-state index contributed by atoms with van der Waals surface area (Å²) in [7, 11) is 0. The molecule has 2 aliphatic rings. The number of allylic oxidation sites excluding steroid dienone is 2. The lowest BCUT2D eigenvalue weighted by Gasteiger charge is -2.50. The second-order valence-electron chi connectivity index (χ2n) is 7.56. The molecule has 21 heavy (non-hydrogen) atoms. The smallest absolute Gasteiger partial charge is 0.145 e. The van der Waals surface area contributed by atoms with Crippen molar-refractivity contribution in [2.45, 2.75) is 58.8 Å². The molecule has 2 fully saturated rings. The Kier molecular flexibility index (Phi) is 5.43.